The quantitative estimate of drug-likeness (QED) is 0.797. The van der Waals surface area contributed by atoms with Crippen LogP contribution in [0.4, 0.5) is 0 Å². The van der Waals surface area contributed by atoms with Crippen LogP contribution in [0.1, 0.15) is 37.8 Å². The molecule has 2 rings (SSSR count). The average molecular weight is 368 g/mol. The van der Waals surface area contributed by atoms with Gasteiger partial charge in [-0.05, 0) is 43.0 Å². The van der Waals surface area contributed by atoms with E-state index >= 15 is 0 Å². The number of hydrogen-bond donors (Lipinski definition) is 0. The number of amides is 1. The molecule has 1 amide bonds. The number of carbonyl (C=O) groups is 1. The number of piperazine rings is 1. The summed E-state index contributed by atoms with van der Waals surface area (Å²) in [7, 11) is -3.20. The van der Waals surface area contributed by atoms with E-state index < -0.39 is 16.1 Å². The van der Waals surface area contributed by atoms with Crippen LogP contribution in [0.15, 0.2) is 18.2 Å². The molecular weight excluding hydrogens is 340 g/mol. The lowest BCUT2D eigenvalue weighted by Gasteiger charge is -2.34. The van der Waals surface area contributed by atoms with Gasteiger partial charge in [-0.25, -0.2) is 8.42 Å². The van der Waals surface area contributed by atoms with Crippen molar-refractivity contribution in [2.24, 2.45) is 0 Å². The third kappa shape index (κ3) is 4.95. The van der Waals surface area contributed by atoms with Gasteiger partial charge in [0.05, 0.1) is 6.26 Å². The SMILES string of the molecule is Cc1cc(OC(C)C(=O)N2CCN(S(C)(=O)=O)CC2)ccc1C(C)C. The van der Waals surface area contributed by atoms with Crippen molar-refractivity contribution in [2.75, 3.05) is 32.4 Å². The van der Waals surface area contributed by atoms with Gasteiger partial charge in [-0.3, -0.25) is 4.79 Å². The zero-order valence-corrected chi connectivity index (χ0v) is 16.5. The second-order valence-corrected chi connectivity index (χ2v) is 8.90. The van der Waals surface area contributed by atoms with Gasteiger partial charge >= 0.3 is 0 Å². The molecule has 1 aliphatic rings. The molecule has 1 aromatic rings. The number of aryl methyl sites for hydroxylation is 1. The summed E-state index contributed by atoms with van der Waals surface area (Å²) >= 11 is 0. The first kappa shape index (κ1) is 19.7. The molecule has 0 N–H and O–H groups in total. The molecule has 1 atom stereocenters. The van der Waals surface area contributed by atoms with Crippen LogP contribution in [0.3, 0.4) is 0 Å². The number of nitrogens with zero attached hydrogens (tertiary/aromatic N) is 2. The summed E-state index contributed by atoms with van der Waals surface area (Å²) in [6, 6.07) is 5.89. The Morgan fingerprint density at radius 1 is 1.12 bits per heavy atom. The number of carbonyl (C=O) groups excluding carboxylic acids is 1. The number of rotatable bonds is 5. The summed E-state index contributed by atoms with van der Waals surface area (Å²) in [5, 5.41) is 0. The maximum atomic E-state index is 12.6. The van der Waals surface area contributed by atoms with Crippen LogP contribution in [-0.4, -0.2) is 62.1 Å². The molecule has 0 bridgehead atoms. The molecule has 0 aromatic heterocycles. The van der Waals surface area contributed by atoms with Crippen molar-refractivity contribution >= 4 is 15.9 Å². The standard InChI is InChI=1S/C18H28N2O4S/c1-13(2)17-7-6-16(12-14(17)3)24-15(4)18(21)19-8-10-20(11-9-19)25(5,22)23/h6-7,12-13,15H,8-11H2,1-5H3. The van der Waals surface area contributed by atoms with Crippen LogP contribution in [0.2, 0.25) is 0 Å². The van der Waals surface area contributed by atoms with Crippen LogP contribution < -0.4 is 4.74 Å². The van der Waals surface area contributed by atoms with Gasteiger partial charge in [-0.2, -0.15) is 4.31 Å². The fourth-order valence-corrected chi connectivity index (χ4v) is 3.95. The molecule has 0 radical (unpaired) electrons. The summed E-state index contributed by atoms with van der Waals surface area (Å²) in [5.74, 6) is 1.01. The van der Waals surface area contributed by atoms with Gasteiger partial charge in [0.25, 0.3) is 5.91 Å². The molecule has 0 spiro atoms. The molecule has 7 heteroatoms. The molecule has 1 unspecified atom stereocenters. The Labute approximate surface area is 150 Å². The summed E-state index contributed by atoms with van der Waals surface area (Å²) in [6.45, 7) is 9.52. The second kappa shape index (κ2) is 7.74. The van der Waals surface area contributed by atoms with Crippen molar-refractivity contribution in [2.45, 2.75) is 39.7 Å². The average Bonchev–Trinajstić information content (AvgIpc) is 2.53. The van der Waals surface area contributed by atoms with E-state index in [2.05, 4.69) is 13.8 Å². The molecule has 140 valence electrons. The van der Waals surface area contributed by atoms with E-state index in [1.54, 1.807) is 11.8 Å². The van der Waals surface area contributed by atoms with Crippen LogP contribution in [0.25, 0.3) is 0 Å². The van der Waals surface area contributed by atoms with E-state index in [-0.39, 0.29) is 5.91 Å². The fraction of sp³-hybridized carbons (Fsp3) is 0.611. The summed E-state index contributed by atoms with van der Waals surface area (Å²) in [4.78, 5) is 14.2. The van der Waals surface area contributed by atoms with Crippen LogP contribution >= 0.6 is 0 Å². The van der Waals surface area contributed by atoms with E-state index in [1.165, 1.54) is 16.1 Å². The monoisotopic (exact) mass is 368 g/mol. The molecule has 1 aromatic carbocycles. The van der Waals surface area contributed by atoms with Crippen molar-refractivity contribution in [1.29, 1.82) is 0 Å². The molecule has 1 saturated heterocycles. The van der Waals surface area contributed by atoms with Gasteiger partial charge < -0.3 is 9.64 Å². The lowest BCUT2D eigenvalue weighted by Crippen LogP contribution is -2.53. The minimum absolute atomic E-state index is 0.112. The van der Waals surface area contributed by atoms with E-state index in [0.717, 1.165) is 5.56 Å². The van der Waals surface area contributed by atoms with Crippen molar-refractivity contribution in [3.8, 4) is 5.75 Å². The fourth-order valence-electron chi connectivity index (χ4n) is 3.12. The predicted octanol–water partition coefficient (Wildman–Crippen LogP) is 1.99. The normalized spacial score (nSPS) is 17.6. The topological polar surface area (TPSA) is 66.9 Å². The van der Waals surface area contributed by atoms with Crippen molar-refractivity contribution in [3.05, 3.63) is 29.3 Å². The Hall–Kier alpha value is -1.60. The minimum atomic E-state index is -3.20. The summed E-state index contributed by atoms with van der Waals surface area (Å²) < 4.78 is 30.3. The zero-order valence-electron chi connectivity index (χ0n) is 15.7. The highest BCUT2D eigenvalue weighted by Crippen LogP contribution is 2.24. The Morgan fingerprint density at radius 3 is 2.20 bits per heavy atom. The molecule has 25 heavy (non-hydrogen) atoms. The van der Waals surface area contributed by atoms with Crippen LogP contribution in [0.5, 0.6) is 5.75 Å². The predicted molar refractivity (Wildman–Crippen MR) is 98.4 cm³/mol. The Bertz CT molecular complexity index is 723. The lowest BCUT2D eigenvalue weighted by molar-refractivity contribution is -0.139. The van der Waals surface area contributed by atoms with Gasteiger partial charge in [0, 0.05) is 26.2 Å². The largest absolute Gasteiger partial charge is 0.481 e. The Balaban J connectivity index is 1.96. The number of sulfonamides is 1. The Morgan fingerprint density at radius 2 is 1.72 bits per heavy atom. The smallest absolute Gasteiger partial charge is 0.263 e. The van der Waals surface area contributed by atoms with Crippen LogP contribution in [0, 0.1) is 6.92 Å². The van der Waals surface area contributed by atoms with Crippen molar-refractivity contribution in [3.63, 3.8) is 0 Å². The third-order valence-corrected chi connectivity index (χ3v) is 5.85. The van der Waals surface area contributed by atoms with Gasteiger partial charge in [-0.15, -0.1) is 0 Å². The van der Waals surface area contributed by atoms with E-state index in [9.17, 15) is 13.2 Å². The van der Waals surface area contributed by atoms with Crippen LogP contribution in [-0.2, 0) is 14.8 Å². The molecule has 1 heterocycles. The van der Waals surface area contributed by atoms with Gasteiger partial charge in [0.2, 0.25) is 10.0 Å². The van der Waals surface area contributed by atoms with Crippen molar-refractivity contribution in [1.82, 2.24) is 9.21 Å². The lowest BCUT2D eigenvalue weighted by atomic mass is 9.98. The van der Waals surface area contributed by atoms with Gasteiger partial charge in [0.1, 0.15) is 5.75 Å². The molecule has 0 aliphatic carbocycles. The van der Waals surface area contributed by atoms with E-state index in [1.807, 2.05) is 25.1 Å². The first-order valence-electron chi connectivity index (χ1n) is 8.60. The highest BCUT2D eigenvalue weighted by molar-refractivity contribution is 7.88. The number of benzene rings is 1. The third-order valence-electron chi connectivity index (χ3n) is 4.54. The second-order valence-electron chi connectivity index (χ2n) is 6.92. The molecule has 1 fully saturated rings. The molecule has 1 aliphatic heterocycles. The minimum Gasteiger partial charge on any atom is -0.481 e. The Kier molecular flexibility index (Phi) is 6.11. The highest BCUT2D eigenvalue weighted by Gasteiger charge is 2.29. The first-order valence-corrected chi connectivity index (χ1v) is 10.5. The number of ether oxygens (including phenoxy) is 1. The van der Waals surface area contributed by atoms with Gasteiger partial charge in [0.15, 0.2) is 6.10 Å². The maximum Gasteiger partial charge on any atom is 0.263 e. The summed E-state index contributed by atoms with van der Waals surface area (Å²) in [5.41, 5.74) is 2.41. The molecular formula is C18H28N2O4S. The van der Waals surface area contributed by atoms with E-state index in [0.29, 0.717) is 37.8 Å². The first-order chi connectivity index (χ1) is 11.6. The van der Waals surface area contributed by atoms with Crippen molar-refractivity contribution < 1.29 is 17.9 Å². The number of hydrogen-bond acceptors (Lipinski definition) is 4. The summed E-state index contributed by atoms with van der Waals surface area (Å²) in [6.07, 6.45) is 0.591. The van der Waals surface area contributed by atoms with E-state index in [4.69, 9.17) is 4.74 Å². The molecule has 0 saturated carbocycles. The molecule has 6 nitrogen and oxygen atoms in total. The maximum absolute atomic E-state index is 12.6. The van der Waals surface area contributed by atoms with Gasteiger partial charge in [-0.1, -0.05) is 19.9 Å². The zero-order chi connectivity index (χ0) is 18.8. The highest BCUT2D eigenvalue weighted by atomic mass is 32.2.